The molecule has 0 saturated heterocycles. The summed E-state index contributed by atoms with van der Waals surface area (Å²) < 4.78 is 0. The van der Waals surface area contributed by atoms with Crippen molar-refractivity contribution in [2.45, 2.75) is 0 Å². The Labute approximate surface area is 133 Å². The predicted octanol–water partition coefficient (Wildman–Crippen LogP) is 4.20. The Morgan fingerprint density at radius 3 is 2.57 bits per heavy atom. The van der Waals surface area contributed by atoms with E-state index in [1.165, 1.54) is 18.2 Å². The van der Waals surface area contributed by atoms with Crippen LogP contribution in [0.1, 0.15) is 10.4 Å². The summed E-state index contributed by atoms with van der Waals surface area (Å²) in [5, 5.41) is 13.9. The summed E-state index contributed by atoms with van der Waals surface area (Å²) in [6, 6.07) is 5.56. The van der Waals surface area contributed by atoms with E-state index in [0.29, 0.717) is 5.02 Å². The van der Waals surface area contributed by atoms with Crippen LogP contribution in [-0.4, -0.2) is 15.8 Å². The van der Waals surface area contributed by atoms with Gasteiger partial charge in [0.15, 0.2) is 0 Å². The lowest BCUT2D eigenvalue weighted by atomic mass is 10.2. The summed E-state index contributed by atoms with van der Waals surface area (Å²) in [5.74, 6) is -0.727. The maximum Gasteiger partial charge on any atom is 0.300 e. The minimum atomic E-state index is -0.727. The van der Waals surface area contributed by atoms with Gasteiger partial charge in [-0.3, -0.25) is 14.9 Å². The van der Waals surface area contributed by atoms with Crippen molar-refractivity contribution in [1.82, 2.24) is 4.98 Å². The van der Waals surface area contributed by atoms with Crippen molar-refractivity contribution < 1.29 is 9.72 Å². The third kappa shape index (κ3) is 3.60. The molecular weight excluding hydrogens is 341 g/mol. The molecule has 1 aromatic heterocycles. The van der Waals surface area contributed by atoms with Crippen LogP contribution >= 0.6 is 34.8 Å². The van der Waals surface area contributed by atoms with Crippen LogP contribution in [0.3, 0.4) is 0 Å². The number of carbonyl (C=O) groups is 1. The monoisotopic (exact) mass is 345 g/mol. The van der Waals surface area contributed by atoms with E-state index in [4.69, 9.17) is 34.8 Å². The molecule has 0 radical (unpaired) electrons. The Hall–Kier alpha value is -1.89. The lowest BCUT2D eigenvalue weighted by molar-refractivity contribution is -0.385. The highest BCUT2D eigenvalue weighted by atomic mass is 35.5. The number of halogens is 3. The van der Waals surface area contributed by atoms with E-state index in [1.807, 2.05) is 0 Å². The lowest BCUT2D eigenvalue weighted by Crippen LogP contribution is -2.14. The van der Waals surface area contributed by atoms with E-state index >= 15 is 0 Å². The summed E-state index contributed by atoms with van der Waals surface area (Å²) in [7, 11) is 0. The summed E-state index contributed by atoms with van der Waals surface area (Å²) >= 11 is 17.3. The van der Waals surface area contributed by atoms with Crippen LogP contribution in [0.25, 0.3) is 0 Å². The number of anilines is 1. The molecule has 0 unspecified atom stereocenters. The number of nitrogens with zero attached hydrogens (tertiary/aromatic N) is 2. The average Bonchev–Trinajstić information content (AvgIpc) is 2.41. The van der Waals surface area contributed by atoms with Gasteiger partial charge < -0.3 is 5.32 Å². The first-order chi connectivity index (χ1) is 9.88. The molecule has 6 nitrogen and oxygen atoms in total. The first kappa shape index (κ1) is 15.5. The summed E-state index contributed by atoms with van der Waals surface area (Å²) in [4.78, 5) is 25.9. The van der Waals surface area contributed by atoms with E-state index in [2.05, 4.69) is 10.3 Å². The highest BCUT2D eigenvalue weighted by Gasteiger charge is 2.22. The quantitative estimate of drug-likeness (QED) is 0.512. The highest BCUT2D eigenvalue weighted by molar-refractivity contribution is 6.37. The number of amides is 1. The Kier molecular flexibility index (Phi) is 4.62. The summed E-state index contributed by atoms with van der Waals surface area (Å²) in [5.41, 5.74) is -0.402. The summed E-state index contributed by atoms with van der Waals surface area (Å²) in [6.07, 6.45) is 0.917. The van der Waals surface area contributed by atoms with E-state index < -0.39 is 16.5 Å². The van der Waals surface area contributed by atoms with Crippen molar-refractivity contribution in [3.63, 3.8) is 0 Å². The molecule has 0 bridgehead atoms. The van der Waals surface area contributed by atoms with Gasteiger partial charge in [0.1, 0.15) is 16.9 Å². The molecule has 2 aromatic rings. The van der Waals surface area contributed by atoms with Crippen molar-refractivity contribution in [2.24, 2.45) is 0 Å². The number of nitro groups is 1. The van der Waals surface area contributed by atoms with Crippen molar-refractivity contribution in [1.29, 1.82) is 0 Å². The fourth-order valence-corrected chi connectivity index (χ4v) is 2.14. The van der Waals surface area contributed by atoms with Gasteiger partial charge in [0, 0.05) is 5.02 Å². The number of rotatable bonds is 3. The van der Waals surface area contributed by atoms with Crippen LogP contribution in [0.4, 0.5) is 11.4 Å². The van der Waals surface area contributed by atoms with Gasteiger partial charge in [-0.1, -0.05) is 34.8 Å². The number of benzene rings is 1. The zero-order valence-electron chi connectivity index (χ0n) is 10.1. The van der Waals surface area contributed by atoms with Gasteiger partial charge in [0.2, 0.25) is 0 Å². The number of carbonyl (C=O) groups excluding carboxylic acids is 1. The molecule has 0 spiro atoms. The summed E-state index contributed by atoms with van der Waals surface area (Å²) in [6.45, 7) is 0. The van der Waals surface area contributed by atoms with Gasteiger partial charge in [0.05, 0.1) is 15.6 Å². The molecule has 108 valence electrons. The molecule has 0 atom stereocenters. The zero-order chi connectivity index (χ0) is 15.6. The average molecular weight is 347 g/mol. The minimum Gasteiger partial charge on any atom is -0.320 e. The zero-order valence-corrected chi connectivity index (χ0v) is 12.4. The lowest BCUT2D eigenvalue weighted by Gasteiger charge is -2.08. The molecule has 0 fully saturated rings. The maximum absolute atomic E-state index is 12.1. The maximum atomic E-state index is 12.1. The topological polar surface area (TPSA) is 85.1 Å². The van der Waals surface area contributed by atoms with Crippen molar-refractivity contribution >= 4 is 52.1 Å². The van der Waals surface area contributed by atoms with Gasteiger partial charge in [-0.25, -0.2) is 4.98 Å². The minimum absolute atomic E-state index is 0.0343. The molecule has 1 aromatic carbocycles. The highest BCUT2D eigenvalue weighted by Crippen LogP contribution is 2.27. The van der Waals surface area contributed by atoms with Gasteiger partial charge in [-0.2, -0.15) is 0 Å². The van der Waals surface area contributed by atoms with Crippen LogP contribution < -0.4 is 5.32 Å². The van der Waals surface area contributed by atoms with E-state index in [1.54, 1.807) is 0 Å². The Morgan fingerprint density at radius 2 is 1.95 bits per heavy atom. The molecular formula is C12H6Cl3N3O3. The molecule has 9 heteroatoms. The second-order valence-corrected chi connectivity index (χ2v) is 5.09. The van der Waals surface area contributed by atoms with E-state index in [9.17, 15) is 14.9 Å². The molecule has 1 N–H and O–H groups in total. The van der Waals surface area contributed by atoms with Gasteiger partial charge in [-0.05, 0) is 24.3 Å². The fraction of sp³-hybridized carbons (Fsp3) is 0. The SMILES string of the molecule is O=C(Nc1ccc(Cl)cc1Cl)c1cc(Cl)ncc1[N+](=O)[O-]. The normalized spacial score (nSPS) is 10.2. The Morgan fingerprint density at radius 1 is 1.24 bits per heavy atom. The van der Waals surface area contributed by atoms with E-state index in [0.717, 1.165) is 12.3 Å². The molecule has 0 aliphatic heterocycles. The Balaban J connectivity index is 2.36. The fourth-order valence-electron chi connectivity index (χ4n) is 1.53. The third-order valence-electron chi connectivity index (χ3n) is 2.47. The molecule has 0 aliphatic carbocycles. The van der Waals surface area contributed by atoms with Gasteiger partial charge >= 0.3 is 0 Å². The largest absolute Gasteiger partial charge is 0.320 e. The van der Waals surface area contributed by atoms with E-state index in [-0.39, 0.29) is 21.4 Å². The molecule has 1 heterocycles. The molecule has 0 saturated carbocycles. The van der Waals surface area contributed by atoms with Crippen LogP contribution in [0.5, 0.6) is 0 Å². The number of nitrogens with one attached hydrogen (secondary N) is 1. The number of hydrogen-bond acceptors (Lipinski definition) is 4. The molecule has 0 aliphatic rings. The number of aromatic nitrogens is 1. The van der Waals surface area contributed by atoms with Gasteiger partial charge in [-0.15, -0.1) is 0 Å². The molecule has 2 rings (SSSR count). The first-order valence-corrected chi connectivity index (χ1v) is 6.58. The van der Waals surface area contributed by atoms with Crippen LogP contribution in [-0.2, 0) is 0 Å². The number of pyridine rings is 1. The predicted molar refractivity (Wildman–Crippen MR) is 80.3 cm³/mol. The van der Waals surface area contributed by atoms with Crippen LogP contribution in [0.2, 0.25) is 15.2 Å². The number of hydrogen-bond donors (Lipinski definition) is 1. The van der Waals surface area contributed by atoms with Crippen LogP contribution in [0, 0.1) is 10.1 Å². The second kappa shape index (κ2) is 6.26. The molecule has 21 heavy (non-hydrogen) atoms. The van der Waals surface area contributed by atoms with Crippen molar-refractivity contribution in [3.05, 3.63) is 61.3 Å². The third-order valence-corrected chi connectivity index (χ3v) is 3.22. The van der Waals surface area contributed by atoms with Crippen molar-refractivity contribution in [3.8, 4) is 0 Å². The van der Waals surface area contributed by atoms with Crippen LogP contribution in [0.15, 0.2) is 30.5 Å². The smallest absolute Gasteiger partial charge is 0.300 e. The van der Waals surface area contributed by atoms with Gasteiger partial charge in [0.25, 0.3) is 11.6 Å². The second-order valence-electron chi connectivity index (χ2n) is 3.86. The standard InChI is InChI=1S/C12H6Cl3N3O3/c13-6-1-2-9(8(14)3-6)17-12(19)7-4-11(15)16-5-10(7)18(20)21/h1-5H,(H,17,19). The first-order valence-electron chi connectivity index (χ1n) is 5.45. The Bertz CT molecular complexity index is 737. The van der Waals surface area contributed by atoms with Crippen molar-refractivity contribution in [2.75, 3.05) is 5.32 Å². The molecule has 1 amide bonds.